The van der Waals surface area contributed by atoms with Gasteiger partial charge >= 0.3 is 5.97 Å². The van der Waals surface area contributed by atoms with E-state index < -0.39 is 0 Å². The third-order valence-corrected chi connectivity index (χ3v) is 5.02. The molecule has 3 nitrogen and oxygen atoms in total. The maximum absolute atomic E-state index is 11.9. The highest BCUT2D eigenvalue weighted by Crippen LogP contribution is 2.44. The minimum atomic E-state index is -0.365. The molecule has 0 radical (unpaired) electrons. The summed E-state index contributed by atoms with van der Waals surface area (Å²) in [6.45, 7) is 8.37. The first kappa shape index (κ1) is 15.6. The Morgan fingerprint density at radius 1 is 1.29 bits per heavy atom. The molecule has 1 heterocycles. The average Bonchev–Trinajstić information content (AvgIpc) is 2.78. The molecule has 112 valence electrons. The summed E-state index contributed by atoms with van der Waals surface area (Å²) >= 11 is 1.42. The van der Waals surface area contributed by atoms with Gasteiger partial charge in [0.2, 0.25) is 0 Å². The summed E-state index contributed by atoms with van der Waals surface area (Å²) in [4.78, 5) is 13.5. The Hall–Kier alpha value is -1.81. The number of ether oxygens (including phenoxy) is 1. The molecule has 0 unspecified atom stereocenters. The van der Waals surface area contributed by atoms with E-state index >= 15 is 0 Å². The Balaban J connectivity index is 2.74. The molecule has 0 amide bonds. The molecular formula is C17H21NO2S. The predicted molar refractivity (Wildman–Crippen MR) is 89.1 cm³/mol. The molecule has 0 spiro atoms. The van der Waals surface area contributed by atoms with Gasteiger partial charge < -0.3 is 10.5 Å². The lowest BCUT2D eigenvalue weighted by Gasteiger charge is -2.12. The molecule has 0 bridgehead atoms. The smallest absolute Gasteiger partial charge is 0.350 e. The molecule has 0 saturated carbocycles. The number of anilines is 1. The molecule has 0 aliphatic rings. The first-order valence-electron chi connectivity index (χ1n) is 6.95. The van der Waals surface area contributed by atoms with Gasteiger partial charge in [0.1, 0.15) is 4.88 Å². The summed E-state index contributed by atoms with van der Waals surface area (Å²) in [5.74, 6) is -0.120. The Morgan fingerprint density at radius 3 is 2.52 bits per heavy atom. The highest BCUT2D eigenvalue weighted by atomic mass is 32.1. The lowest BCUT2D eigenvalue weighted by atomic mass is 9.94. The molecule has 1 aromatic heterocycles. The van der Waals surface area contributed by atoms with Crippen LogP contribution in [-0.4, -0.2) is 13.1 Å². The van der Waals surface area contributed by atoms with Gasteiger partial charge in [0.25, 0.3) is 0 Å². The van der Waals surface area contributed by atoms with Crippen LogP contribution < -0.4 is 5.73 Å². The third kappa shape index (κ3) is 2.68. The van der Waals surface area contributed by atoms with Gasteiger partial charge in [0.05, 0.1) is 12.8 Å². The molecule has 0 atom stereocenters. The summed E-state index contributed by atoms with van der Waals surface area (Å²) in [6.07, 6.45) is 0. The van der Waals surface area contributed by atoms with E-state index in [2.05, 4.69) is 39.8 Å². The molecule has 0 fully saturated rings. The molecular weight excluding hydrogens is 282 g/mol. The van der Waals surface area contributed by atoms with Crippen LogP contribution in [0.3, 0.4) is 0 Å². The van der Waals surface area contributed by atoms with Gasteiger partial charge in [-0.25, -0.2) is 4.79 Å². The maximum atomic E-state index is 11.9. The standard InChI is InChI=1S/C17H21NO2S/c1-9(2)13-14(18)16(17(19)20-5)21-15(13)12-8-6-7-10(3)11(12)4/h6-9H,18H2,1-5H3. The van der Waals surface area contributed by atoms with Gasteiger partial charge in [-0.05, 0) is 42.0 Å². The highest BCUT2D eigenvalue weighted by Gasteiger charge is 2.24. The van der Waals surface area contributed by atoms with Gasteiger partial charge in [0.15, 0.2) is 0 Å². The van der Waals surface area contributed by atoms with Gasteiger partial charge in [-0.2, -0.15) is 0 Å². The van der Waals surface area contributed by atoms with Gasteiger partial charge in [-0.1, -0.05) is 32.0 Å². The quantitative estimate of drug-likeness (QED) is 0.848. The lowest BCUT2D eigenvalue weighted by Crippen LogP contribution is -2.03. The number of benzene rings is 1. The van der Waals surface area contributed by atoms with E-state index in [0.29, 0.717) is 10.6 Å². The number of hydrogen-bond acceptors (Lipinski definition) is 4. The number of rotatable bonds is 3. The first-order valence-corrected chi connectivity index (χ1v) is 7.77. The van der Waals surface area contributed by atoms with Crippen LogP contribution in [0.2, 0.25) is 0 Å². The van der Waals surface area contributed by atoms with Gasteiger partial charge in [-0.3, -0.25) is 0 Å². The normalized spacial score (nSPS) is 11.0. The maximum Gasteiger partial charge on any atom is 0.350 e. The summed E-state index contributed by atoms with van der Waals surface area (Å²) in [5, 5.41) is 0. The van der Waals surface area contributed by atoms with E-state index in [1.807, 2.05) is 6.07 Å². The summed E-state index contributed by atoms with van der Waals surface area (Å²) in [5.41, 5.74) is 11.4. The van der Waals surface area contributed by atoms with Crippen molar-refractivity contribution in [2.24, 2.45) is 0 Å². The number of esters is 1. The van der Waals surface area contributed by atoms with Crippen molar-refractivity contribution in [1.82, 2.24) is 0 Å². The Kier molecular flexibility index (Phi) is 4.37. The van der Waals surface area contributed by atoms with E-state index in [1.54, 1.807) is 0 Å². The molecule has 1 aromatic carbocycles. The SMILES string of the molecule is COC(=O)c1sc(-c2cccc(C)c2C)c(C(C)C)c1N. The monoisotopic (exact) mass is 303 g/mol. The second kappa shape index (κ2) is 5.90. The zero-order chi connectivity index (χ0) is 15.7. The molecule has 2 rings (SSSR count). The average molecular weight is 303 g/mol. The number of nitrogens with two attached hydrogens (primary N) is 1. The minimum absolute atomic E-state index is 0.245. The van der Waals surface area contributed by atoms with Crippen molar-refractivity contribution in [1.29, 1.82) is 0 Å². The molecule has 0 aliphatic heterocycles. The van der Waals surface area contributed by atoms with Crippen LogP contribution >= 0.6 is 11.3 Å². The van der Waals surface area contributed by atoms with Gasteiger partial charge in [0, 0.05) is 4.88 Å². The van der Waals surface area contributed by atoms with Crippen molar-refractivity contribution in [2.45, 2.75) is 33.6 Å². The fourth-order valence-corrected chi connectivity index (χ4v) is 3.85. The van der Waals surface area contributed by atoms with Crippen molar-refractivity contribution in [3.05, 3.63) is 39.8 Å². The summed E-state index contributed by atoms with van der Waals surface area (Å²) in [6, 6.07) is 6.21. The van der Waals surface area contributed by atoms with Crippen molar-refractivity contribution in [3.8, 4) is 10.4 Å². The van der Waals surface area contributed by atoms with E-state index in [9.17, 15) is 4.79 Å². The van der Waals surface area contributed by atoms with Crippen LogP contribution in [0, 0.1) is 13.8 Å². The molecule has 21 heavy (non-hydrogen) atoms. The summed E-state index contributed by atoms with van der Waals surface area (Å²) in [7, 11) is 1.38. The van der Waals surface area contributed by atoms with Crippen LogP contribution in [0.1, 0.15) is 46.1 Å². The largest absolute Gasteiger partial charge is 0.465 e. The molecule has 2 N–H and O–H groups in total. The topological polar surface area (TPSA) is 52.3 Å². The molecule has 2 aromatic rings. The van der Waals surface area contributed by atoms with E-state index in [-0.39, 0.29) is 11.9 Å². The number of carbonyl (C=O) groups excluding carboxylic acids is 1. The van der Waals surface area contributed by atoms with E-state index in [4.69, 9.17) is 10.5 Å². The van der Waals surface area contributed by atoms with E-state index in [1.165, 1.54) is 29.6 Å². The number of methoxy groups -OCH3 is 1. The number of thiophene rings is 1. The van der Waals surface area contributed by atoms with Crippen molar-refractivity contribution in [2.75, 3.05) is 12.8 Å². The van der Waals surface area contributed by atoms with Crippen LogP contribution in [-0.2, 0) is 4.74 Å². The molecule has 0 aliphatic carbocycles. The highest BCUT2D eigenvalue weighted by molar-refractivity contribution is 7.18. The zero-order valence-electron chi connectivity index (χ0n) is 13.1. The fourth-order valence-electron chi connectivity index (χ4n) is 2.47. The lowest BCUT2D eigenvalue weighted by molar-refractivity contribution is 0.0607. The van der Waals surface area contributed by atoms with Gasteiger partial charge in [-0.15, -0.1) is 11.3 Å². The predicted octanol–water partition coefficient (Wildman–Crippen LogP) is 4.52. The second-order valence-electron chi connectivity index (χ2n) is 5.48. The van der Waals surface area contributed by atoms with Crippen LogP contribution in [0.25, 0.3) is 10.4 Å². The Bertz CT molecular complexity index is 686. The van der Waals surface area contributed by atoms with Crippen molar-refractivity contribution in [3.63, 3.8) is 0 Å². The second-order valence-corrected chi connectivity index (χ2v) is 6.50. The zero-order valence-corrected chi connectivity index (χ0v) is 13.9. The minimum Gasteiger partial charge on any atom is -0.465 e. The molecule has 0 saturated heterocycles. The number of aryl methyl sites for hydroxylation is 1. The van der Waals surface area contributed by atoms with E-state index in [0.717, 1.165) is 16.0 Å². The first-order chi connectivity index (χ1) is 9.88. The molecule has 4 heteroatoms. The van der Waals surface area contributed by atoms with Crippen molar-refractivity contribution >= 4 is 23.0 Å². The number of hydrogen-bond donors (Lipinski definition) is 1. The fraction of sp³-hybridized carbons (Fsp3) is 0.353. The number of nitrogen functional groups attached to an aromatic ring is 1. The number of carbonyl (C=O) groups is 1. The summed E-state index contributed by atoms with van der Waals surface area (Å²) < 4.78 is 4.85. The van der Waals surface area contributed by atoms with Crippen LogP contribution in [0.5, 0.6) is 0 Å². The Labute approximate surface area is 129 Å². The third-order valence-electron chi connectivity index (χ3n) is 3.78. The van der Waals surface area contributed by atoms with Crippen LogP contribution in [0.4, 0.5) is 5.69 Å². The Morgan fingerprint density at radius 2 is 1.95 bits per heavy atom. The van der Waals surface area contributed by atoms with Crippen LogP contribution in [0.15, 0.2) is 18.2 Å². The van der Waals surface area contributed by atoms with Crippen molar-refractivity contribution < 1.29 is 9.53 Å².